The van der Waals surface area contributed by atoms with Gasteiger partial charge in [0, 0.05) is 16.1 Å². The standard InChI is InChI=1S/C7H6BrN3O/c8-4-1-5-6(3-12)10-11-7(5)9-2-4/h1-2,12H,3H2,(H,9,10,11). The van der Waals surface area contributed by atoms with Crippen LogP contribution in [0.5, 0.6) is 0 Å². The van der Waals surface area contributed by atoms with Gasteiger partial charge in [0.1, 0.15) is 0 Å². The van der Waals surface area contributed by atoms with Crippen molar-refractivity contribution in [3.8, 4) is 0 Å². The summed E-state index contributed by atoms with van der Waals surface area (Å²) in [4.78, 5) is 4.05. The zero-order valence-electron chi connectivity index (χ0n) is 6.08. The molecule has 12 heavy (non-hydrogen) atoms. The van der Waals surface area contributed by atoms with Gasteiger partial charge in [-0.25, -0.2) is 4.98 Å². The number of hydrogen-bond acceptors (Lipinski definition) is 3. The number of pyridine rings is 1. The Morgan fingerprint density at radius 1 is 1.58 bits per heavy atom. The Hall–Kier alpha value is -0.940. The molecular formula is C7H6BrN3O. The summed E-state index contributed by atoms with van der Waals surface area (Å²) in [5, 5.41) is 16.4. The molecule has 0 unspecified atom stereocenters. The molecule has 0 fully saturated rings. The number of nitrogens with zero attached hydrogens (tertiary/aromatic N) is 2. The first-order valence-electron chi connectivity index (χ1n) is 3.40. The van der Waals surface area contributed by atoms with Gasteiger partial charge < -0.3 is 5.11 Å². The highest BCUT2D eigenvalue weighted by molar-refractivity contribution is 9.10. The summed E-state index contributed by atoms with van der Waals surface area (Å²) < 4.78 is 0.881. The van der Waals surface area contributed by atoms with E-state index in [9.17, 15) is 0 Å². The van der Waals surface area contributed by atoms with Gasteiger partial charge >= 0.3 is 0 Å². The van der Waals surface area contributed by atoms with Crippen molar-refractivity contribution in [2.45, 2.75) is 6.61 Å². The van der Waals surface area contributed by atoms with E-state index in [1.165, 1.54) is 0 Å². The van der Waals surface area contributed by atoms with Gasteiger partial charge in [-0.1, -0.05) is 0 Å². The molecule has 0 atom stereocenters. The van der Waals surface area contributed by atoms with Crippen molar-refractivity contribution in [2.75, 3.05) is 0 Å². The molecule has 2 aromatic rings. The molecule has 5 heteroatoms. The smallest absolute Gasteiger partial charge is 0.181 e. The minimum Gasteiger partial charge on any atom is -0.390 e. The number of aromatic amines is 1. The topological polar surface area (TPSA) is 61.8 Å². The fourth-order valence-electron chi connectivity index (χ4n) is 1.04. The van der Waals surface area contributed by atoms with Gasteiger partial charge in [0.15, 0.2) is 5.65 Å². The molecule has 0 aromatic carbocycles. The van der Waals surface area contributed by atoms with Crippen LogP contribution in [0.4, 0.5) is 0 Å². The van der Waals surface area contributed by atoms with Crippen LogP contribution in [0.25, 0.3) is 11.0 Å². The second-order valence-electron chi connectivity index (χ2n) is 2.38. The van der Waals surface area contributed by atoms with Crippen molar-refractivity contribution in [3.05, 3.63) is 22.4 Å². The van der Waals surface area contributed by atoms with Gasteiger partial charge in [-0.3, -0.25) is 5.10 Å². The van der Waals surface area contributed by atoms with Crippen LogP contribution in [-0.2, 0) is 6.61 Å². The molecular weight excluding hydrogens is 222 g/mol. The van der Waals surface area contributed by atoms with Crippen molar-refractivity contribution in [3.63, 3.8) is 0 Å². The van der Waals surface area contributed by atoms with E-state index in [1.54, 1.807) is 6.20 Å². The molecule has 0 spiro atoms. The second-order valence-corrected chi connectivity index (χ2v) is 3.30. The first-order valence-corrected chi connectivity index (χ1v) is 4.20. The number of hydrogen-bond donors (Lipinski definition) is 2. The van der Waals surface area contributed by atoms with Gasteiger partial charge in [0.25, 0.3) is 0 Å². The third-order valence-corrected chi connectivity index (χ3v) is 2.05. The third-order valence-electron chi connectivity index (χ3n) is 1.61. The molecule has 0 aliphatic rings. The van der Waals surface area contributed by atoms with E-state index >= 15 is 0 Å². The summed E-state index contributed by atoms with van der Waals surface area (Å²) in [6.45, 7) is -0.0470. The predicted molar refractivity (Wildman–Crippen MR) is 47.5 cm³/mol. The Labute approximate surface area is 76.8 Å². The van der Waals surface area contributed by atoms with Crippen LogP contribution in [0.1, 0.15) is 5.69 Å². The van der Waals surface area contributed by atoms with Crippen LogP contribution in [0.2, 0.25) is 0 Å². The molecule has 2 rings (SSSR count). The fourth-order valence-corrected chi connectivity index (χ4v) is 1.38. The molecule has 2 N–H and O–H groups in total. The van der Waals surface area contributed by atoms with E-state index in [4.69, 9.17) is 5.11 Å². The summed E-state index contributed by atoms with van der Waals surface area (Å²) in [5.41, 5.74) is 1.32. The number of aliphatic hydroxyl groups is 1. The second kappa shape index (κ2) is 2.84. The van der Waals surface area contributed by atoms with Crippen LogP contribution in [-0.4, -0.2) is 20.3 Å². The summed E-state index contributed by atoms with van der Waals surface area (Å²) in [5.74, 6) is 0. The number of nitrogens with one attached hydrogen (secondary N) is 1. The number of fused-ring (bicyclic) bond motifs is 1. The normalized spacial score (nSPS) is 10.8. The molecule has 0 saturated carbocycles. The molecule has 0 aliphatic carbocycles. The summed E-state index contributed by atoms with van der Waals surface area (Å²) in [6, 6.07) is 1.87. The summed E-state index contributed by atoms with van der Waals surface area (Å²) in [7, 11) is 0. The molecule has 0 aliphatic heterocycles. The molecule has 62 valence electrons. The van der Waals surface area contributed by atoms with Gasteiger partial charge in [0.2, 0.25) is 0 Å². The van der Waals surface area contributed by atoms with Crippen molar-refractivity contribution in [2.24, 2.45) is 0 Å². The van der Waals surface area contributed by atoms with Crippen molar-refractivity contribution < 1.29 is 5.11 Å². The van der Waals surface area contributed by atoms with E-state index < -0.39 is 0 Å². The van der Waals surface area contributed by atoms with Crippen molar-refractivity contribution in [1.29, 1.82) is 0 Å². The zero-order chi connectivity index (χ0) is 8.55. The summed E-state index contributed by atoms with van der Waals surface area (Å²) in [6.07, 6.45) is 1.67. The molecule has 2 heterocycles. The maximum Gasteiger partial charge on any atom is 0.181 e. The number of aromatic nitrogens is 3. The van der Waals surface area contributed by atoms with Crippen LogP contribution in [0, 0.1) is 0 Å². The largest absolute Gasteiger partial charge is 0.390 e. The lowest BCUT2D eigenvalue weighted by Gasteiger charge is -1.91. The Morgan fingerprint density at radius 2 is 2.42 bits per heavy atom. The highest BCUT2D eigenvalue weighted by atomic mass is 79.9. The Bertz CT molecular complexity index is 412. The van der Waals surface area contributed by atoms with Crippen LogP contribution >= 0.6 is 15.9 Å². The molecule has 0 saturated heterocycles. The molecule has 0 radical (unpaired) electrons. The van der Waals surface area contributed by atoms with Crippen molar-refractivity contribution in [1.82, 2.24) is 15.2 Å². The number of aliphatic hydroxyl groups excluding tert-OH is 1. The lowest BCUT2D eigenvalue weighted by atomic mass is 10.3. The van der Waals surface area contributed by atoms with Gasteiger partial charge in [-0.05, 0) is 22.0 Å². The Kier molecular flexibility index (Phi) is 1.82. The lowest BCUT2D eigenvalue weighted by Crippen LogP contribution is -1.82. The average molecular weight is 228 g/mol. The fraction of sp³-hybridized carbons (Fsp3) is 0.143. The lowest BCUT2D eigenvalue weighted by molar-refractivity contribution is 0.278. The maximum absolute atomic E-state index is 8.90. The van der Waals surface area contributed by atoms with Gasteiger partial charge in [0.05, 0.1) is 12.3 Å². The Balaban J connectivity index is 2.75. The average Bonchev–Trinajstić information content (AvgIpc) is 2.46. The first kappa shape index (κ1) is 7.70. The molecule has 2 aromatic heterocycles. The van der Waals surface area contributed by atoms with Gasteiger partial charge in [-0.15, -0.1) is 0 Å². The van der Waals surface area contributed by atoms with Crippen molar-refractivity contribution >= 4 is 27.0 Å². The van der Waals surface area contributed by atoms with E-state index in [1.807, 2.05) is 6.07 Å². The van der Waals surface area contributed by atoms with E-state index in [-0.39, 0.29) is 6.61 Å². The molecule has 0 bridgehead atoms. The van der Waals surface area contributed by atoms with E-state index in [2.05, 4.69) is 31.1 Å². The van der Waals surface area contributed by atoms with Crippen LogP contribution in [0.15, 0.2) is 16.7 Å². The first-order chi connectivity index (χ1) is 5.81. The Morgan fingerprint density at radius 3 is 3.17 bits per heavy atom. The molecule has 0 amide bonds. The van der Waals surface area contributed by atoms with E-state index in [0.29, 0.717) is 11.3 Å². The highest BCUT2D eigenvalue weighted by Crippen LogP contribution is 2.18. The van der Waals surface area contributed by atoms with Crippen LogP contribution in [0.3, 0.4) is 0 Å². The predicted octanol–water partition coefficient (Wildman–Crippen LogP) is 1.21. The number of H-pyrrole nitrogens is 1. The summed E-state index contributed by atoms with van der Waals surface area (Å²) >= 11 is 3.29. The SMILES string of the molecule is OCc1[nH]nc2ncc(Br)cc12. The maximum atomic E-state index is 8.90. The number of rotatable bonds is 1. The minimum atomic E-state index is -0.0470. The molecule has 4 nitrogen and oxygen atoms in total. The number of halogens is 1. The van der Waals surface area contributed by atoms with Crippen LogP contribution < -0.4 is 0 Å². The zero-order valence-corrected chi connectivity index (χ0v) is 7.67. The third kappa shape index (κ3) is 1.11. The van der Waals surface area contributed by atoms with E-state index in [0.717, 1.165) is 9.86 Å². The highest BCUT2D eigenvalue weighted by Gasteiger charge is 2.04. The van der Waals surface area contributed by atoms with Gasteiger partial charge in [-0.2, -0.15) is 5.10 Å². The monoisotopic (exact) mass is 227 g/mol. The minimum absolute atomic E-state index is 0.0470. The quantitative estimate of drug-likeness (QED) is 0.771.